The van der Waals surface area contributed by atoms with Crippen LogP contribution in [-0.4, -0.2) is 23.3 Å². The Kier molecular flexibility index (Phi) is 3.08. The SMILES string of the molecule is NC(=O)C1CC(=O)N(c2ncccc2I)C1. The highest BCUT2D eigenvalue weighted by Crippen LogP contribution is 2.26. The Morgan fingerprint density at radius 2 is 2.38 bits per heavy atom. The second-order valence-electron chi connectivity index (χ2n) is 3.62. The molecule has 1 aromatic heterocycles. The van der Waals surface area contributed by atoms with E-state index in [1.165, 1.54) is 4.90 Å². The van der Waals surface area contributed by atoms with Crippen LogP contribution in [0.2, 0.25) is 0 Å². The highest BCUT2D eigenvalue weighted by molar-refractivity contribution is 14.1. The summed E-state index contributed by atoms with van der Waals surface area (Å²) in [6.07, 6.45) is 1.81. The largest absolute Gasteiger partial charge is 0.369 e. The molecule has 6 heteroatoms. The minimum Gasteiger partial charge on any atom is -0.369 e. The van der Waals surface area contributed by atoms with Crippen molar-refractivity contribution in [2.75, 3.05) is 11.4 Å². The zero-order chi connectivity index (χ0) is 11.7. The smallest absolute Gasteiger partial charge is 0.229 e. The Balaban J connectivity index is 2.27. The minimum absolute atomic E-state index is 0.0968. The fourth-order valence-electron chi connectivity index (χ4n) is 1.68. The molecule has 84 valence electrons. The molecule has 0 aromatic carbocycles. The summed E-state index contributed by atoms with van der Waals surface area (Å²) in [5.74, 6) is -0.315. The summed E-state index contributed by atoms with van der Waals surface area (Å²) in [4.78, 5) is 28.4. The van der Waals surface area contributed by atoms with Crippen molar-refractivity contribution in [2.24, 2.45) is 11.7 Å². The summed E-state index contributed by atoms with van der Waals surface area (Å²) in [7, 11) is 0. The van der Waals surface area contributed by atoms with Crippen LogP contribution < -0.4 is 10.6 Å². The first kappa shape index (κ1) is 11.3. The van der Waals surface area contributed by atoms with Gasteiger partial charge in [0.1, 0.15) is 5.82 Å². The fourth-order valence-corrected chi connectivity index (χ4v) is 2.32. The first-order chi connectivity index (χ1) is 7.59. The van der Waals surface area contributed by atoms with Crippen molar-refractivity contribution in [3.05, 3.63) is 21.9 Å². The number of carbonyl (C=O) groups excluding carboxylic acids is 2. The van der Waals surface area contributed by atoms with Gasteiger partial charge in [0.05, 0.1) is 9.49 Å². The topological polar surface area (TPSA) is 76.3 Å². The quantitative estimate of drug-likeness (QED) is 0.803. The van der Waals surface area contributed by atoms with Crippen molar-refractivity contribution in [1.82, 2.24) is 4.98 Å². The normalized spacial score (nSPS) is 20.2. The molecular formula is C10H10IN3O2. The number of pyridine rings is 1. The number of anilines is 1. The van der Waals surface area contributed by atoms with E-state index in [0.29, 0.717) is 12.4 Å². The third kappa shape index (κ3) is 2.01. The van der Waals surface area contributed by atoms with E-state index in [9.17, 15) is 9.59 Å². The number of hydrogen-bond donors (Lipinski definition) is 1. The number of amides is 2. The van der Waals surface area contributed by atoms with E-state index in [4.69, 9.17) is 5.73 Å². The molecule has 16 heavy (non-hydrogen) atoms. The first-order valence-electron chi connectivity index (χ1n) is 4.80. The summed E-state index contributed by atoms with van der Waals surface area (Å²) in [6.45, 7) is 0.335. The van der Waals surface area contributed by atoms with Gasteiger partial charge in [-0.15, -0.1) is 0 Å². The third-order valence-corrected chi connectivity index (χ3v) is 3.36. The summed E-state index contributed by atoms with van der Waals surface area (Å²) >= 11 is 2.11. The number of primary amides is 1. The molecule has 1 atom stereocenters. The van der Waals surface area contributed by atoms with Crippen LogP contribution in [-0.2, 0) is 9.59 Å². The van der Waals surface area contributed by atoms with Crippen LogP contribution in [0.4, 0.5) is 5.82 Å². The molecule has 2 rings (SSSR count). The highest BCUT2D eigenvalue weighted by Gasteiger charge is 2.35. The lowest BCUT2D eigenvalue weighted by Gasteiger charge is -2.16. The Morgan fingerprint density at radius 1 is 1.62 bits per heavy atom. The standard InChI is InChI=1S/C10H10IN3O2/c11-7-2-1-3-13-10(7)14-5-6(9(12)16)4-8(14)15/h1-3,6H,4-5H2,(H2,12,16). The van der Waals surface area contributed by atoms with Gasteiger partial charge in [-0.05, 0) is 34.7 Å². The molecule has 0 spiro atoms. The van der Waals surface area contributed by atoms with Gasteiger partial charge in [0.25, 0.3) is 0 Å². The Bertz CT molecular complexity index is 449. The van der Waals surface area contributed by atoms with Gasteiger partial charge in [-0.25, -0.2) is 4.98 Å². The molecule has 0 aliphatic carbocycles. The summed E-state index contributed by atoms with van der Waals surface area (Å²) in [5.41, 5.74) is 5.20. The number of hydrogen-bond acceptors (Lipinski definition) is 3. The van der Waals surface area contributed by atoms with Crippen LogP contribution >= 0.6 is 22.6 Å². The molecule has 0 saturated carbocycles. The molecular weight excluding hydrogens is 321 g/mol. The number of nitrogens with two attached hydrogens (primary N) is 1. The van der Waals surface area contributed by atoms with Gasteiger partial charge in [0.15, 0.2) is 0 Å². The number of rotatable bonds is 2. The van der Waals surface area contributed by atoms with Crippen LogP contribution in [0, 0.1) is 9.49 Å². The van der Waals surface area contributed by atoms with E-state index in [-0.39, 0.29) is 12.3 Å². The molecule has 1 fully saturated rings. The second-order valence-corrected chi connectivity index (χ2v) is 4.78. The van der Waals surface area contributed by atoms with E-state index < -0.39 is 11.8 Å². The van der Waals surface area contributed by atoms with Gasteiger partial charge in [-0.2, -0.15) is 0 Å². The van der Waals surface area contributed by atoms with Crippen molar-refractivity contribution >= 4 is 40.2 Å². The lowest BCUT2D eigenvalue weighted by molar-refractivity contribution is -0.123. The molecule has 2 N–H and O–H groups in total. The van der Waals surface area contributed by atoms with Gasteiger partial charge in [-0.3, -0.25) is 14.5 Å². The van der Waals surface area contributed by atoms with E-state index in [1.54, 1.807) is 12.3 Å². The predicted octanol–water partition coefficient (Wildman–Crippen LogP) is 0.524. The first-order valence-corrected chi connectivity index (χ1v) is 5.87. The zero-order valence-electron chi connectivity index (χ0n) is 8.39. The molecule has 2 amide bonds. The summed E-state index contributed by atoms with van der Waals surface area (Å²) in [5, 5.41) is 0. The van der Waals surface area contributed by atoms with E-state index >= 15 is 0 Å². The van der Waals surface area contributed by atoms with Gasteiger partial charge in [0, 0.05) is 19.2 Å². The molecule has 1 aliphatic rings. The fraction of sp³-hybridized carbons (Fsp3) is 0.300. The number of carbonyl (C=O) groups is 2. The molecule has 0 radical (unpaired) electrons. The maximum absolute atomic E-state index is 11.7. The van der Waals surface area contributed by atoms with Crippen molar-refractivity contribution < 1.29 is 9.59 Å². The van der Waals surface area contributed by atoms with E-state index in [0.717, 1.165) is 3.57 Å². The van der Waals surface area contributed by atoms with Crippen LogP contribution in [0.1, 0.15) is 6.42 Å². The van der Waals surface area contributed by atoms with Gasteiger partial charge >= 0.3 is 0 Å². The van der Waals surface area contributed by atoms with Crippen molar-refractivity contribution in [2.45, 2.75) is 6.42 Å². The molecule has 1 aromatic rings. The molecule has 2 heterocycles. The van der Waals surface area contributed by atoms with Gasteiger partial charge < -0.3 is 5.73 Å². The third-order valence-electron chi connectivity index (χ3n) is 2.52. The Labute approximate surface area is 106 Å². The number of nitrogens with zero attached hydrogens (tertiary/aromatic N) is 2. The van der Waals surface area contributed by atoms with Crippen LogP contribution in [0.5, 0.6) is 0 Å². The number of aromatic nitrogens is 1. The predicted molar refractivity (Wildman–Crippen MR) is 66.6 cm³/mol. The number of halogens is 1. The van der Waals surface area contributed by atoms with Gasteiger partial charge in [-0.1, -0.05) is 0 Å². The van der Waals surface area contributed by atoms with Crippen molar-refractivity contribution in [3.8, 4) is 0 Å². The molecule has 0 bridgehead atoms. The Hall–Kier alpha value is -1.18. The maximum atomic E-state index is 11.7. The molecule has 1 unspecified atom stereocenters. The highest BCUT2D eigenvalue weighted by atomic mass is 127. The zero-order valence-corrected chi connectivity index (χ0v) is 10.5. The van der Waals surface area contributed by atoms with E-state index in [1.807, 2.05) is 6.07 Å². The maximum Gasteiger partial charge on any atom is 0.229 e. The summed E-state index contributed by atoms with van der Waals surface area (Å²) < 4.78 is 0.888. The van der Waals surface area contributed by atoms with Crippen molar-refractivity contribution in [3.63, 3.8) is 0 Å². The average Bonchev–Trinajstić information content (AvgIpc) is 2.61. The lowest BCUT2D eigenvalue weighted by atomic mass is 10.1. The second kappa shape index (κ2) is 4.36. The van der Waals surface area contributed by atoms with Crippen molar-refractivity contribution in [1.29, 1.82) is 0 Å². The van der Waals surface area contributed by atoms with Crippen LogP contribution in [0.25, 0.3) is 0 Å². The molecule has 1 saturated heterocycles. The Morgan fingerprint density at radius 3 is 2.94 bits per heavy atom. The summed E-state index contributed by atoms with van der Waals surface area (Å²) in [6, 6.07) is 3.67. The molecule has 1 aliphatic heterocycles. The average molecular weight is 331 g/mol. The van der Waals surface area contributed by atoms with Gasteiger partial charge in [0.2, 0.25) is 11.8 Å². The van der Waals surface area contributed by atoms with Crippen LogP contribution in [0.3, 0.4) is 0 Å². The lowest BCUT2D eigenvalue weighted by Crippen LogP contribution is -2.29. The molecule has 5 nitrogen and oxygen atoms in total. The van der Waals surface area contributed by atoms with E-state index in [2.05, 4.69) is 27.6 Å². The van der Waals surface area contributed by atoms with Crippen LogP contribution in [0.15, 0.2) is 18.3 Å². The minimum atomic E-state index is -0.429. The monoisotopic (exact) mass is 331 g/mol.